The van der Waals surface area contributed by atoms with E-state index in [1.54, 1.807) is 13.8 Å². The first-order valence-electron chi connectivity index (χ1n) is 8.44. The lowest BCUT2D eigenvalue weighted by Gasteiger charge is -2.15. The standard InChI is InChI=1S/C18H23FN2O4S2/c1-5-11-7-14(19)8-12(6-2)16(11)20-17(22)21-27(24,25)15-9-13(10-26-15)18(3,4)23/h7-10,23H,5-6H2,1-4H3,(H2,20,21,22). The maximum Gasteiger partial charge on any atom is 0.333 e. The monoisotopic (exact) mass is 414 g/mol. The van der Waals surface area contributed by atoms with Crippen LogP contribution < -0.4 is 10.0 Å². The van der Waals surface area contributed by atoms with Crippen molar-refractivity contribution in [1.82, 2.24) is 4.72 Å². The normalized spacial score (nSPS) is 12.1. The number of carbonyl (C=O) groups excluding carboxylic acids is 1. The molecule has 0 saturated carbocycles. The van der Waals surface area contributed by atoms with Crippen LogP contribution >= 0.6 is 11.3 Å². The lowest BCUT2D eigenvalue weighted by molar-refractivity contribution is 0.0789. The van der Waals surface area contributed by atoms with E-state index in [1.165, 1.54) is 23.6 Å². The van der Waals surface area contributed by atoms with Crippen molar-refractivity contribution in [3.63, 3.8) is 0 Å². The predicted molar refractivity (Wildman–Crippen MR) is 104 cm³/mol. The second-order valence-electron chi connectivity index (χ2n) is 6.58. The molecule has 0 atom stereocenters. The minimum Gasteiger partial charge on any atom is -0.386 e. The topological polar surface area (TPSA) is 95.5 Å². The molecular formula is C18H23FN2O4S2. The number of urea groups is 1. The number of amides is 2. The van der Waals surface area contributed by atoms with Gasteiger partial charge in [0.1, 0.15) is 10.0 Å². The van der Waals surface area contributed by atoms with E-state index in [2.05, 4.69) is 5.32 Å². The summed E-state index contributed by atoms with van der Waals surface area (Å²) in [5.41, 5.74) is 0.831. The SMILES string of the molecule is CCc1cc(F)cc(CC)c1NC(=O)NS(=O)(=O)c1cc(C(C)(C)O)cs1. The van der Waals surface area contributed by atoms with E-state index in [9.17, 15) is 22.7 Å². The van der Waals surface area contributed by atoms with E-state index >= 15 is 0 Å². The highest BCUT2D eigenvalue weighted by molar-refractivity contribution is 7.92. The molecule has 0 bridgehead atoms. The molecule has 0 fully saturated rings. The quantitative estimate of drug-likeness (QED) is 0.671. The maximum absolute atomic E-state index is 13.7. The van der Waals surface area contributed by atoms with Crippen molar-refractivity contribution in [3.8, 4) is 0 Å². The third-order valence-electron chi connectivity index (χ3n) is 4.04. The minimum atomic E-state index is -4.10. The molecule has 0 saturated heterocycles. The zero-order valence-corrected chi connectivity index (χ0v) is 17.2. The van der Waals surface area contributed by atoms with Crippen LogP contribution in [0.2, 0.25) is 0 Å². The van der Waals surface area contributed by atoms with Crippen molar-refractivity contribution in [1.29, 1.82) is 0 Å². The van der Waals surface area contributed by atoms with E-state index in [4.69, 9.17) is 0 Å². The number of halogens is 1. The summed E-state index contributed by atoms with van der Waals surface area (Å²) < 4.78 is 40.4. The Morgan fingerprint density at radius 2 is 1.74 bits per heavy atom. The highest BCUT2D eigenvalue weighted by atomic mass is 32.2. The highest BCUT2D eigenvalue weighted by Gasteiger charge is 2.25. The number of benzene rings is 1. The van der Waals surface area contributed by atoms with Gasteiger partial charge in [0.25, 0.3) is 10.0 Å². The molecule has 3 N–H and O–H groups in total. The molecule has 148 valence electrons. The van der Waals surface area contributed by atoms with Crippen LogP contribution in [0.4, 0.5) is 14.9 Å². The van der Waals surface area contributed by atoms with Crippen molar-refractivity contribution < 1.29 is 22.7 Å². The van der Waals surface area contributed by atoms with Crippen molar-refractivity contribution in [2.45, 2.75) is 50.3 Å². The molecule has 2 aromatic rings. The van der Waals surface area contributed by atoms with Gasteiger partial charge in [0, 0.05) is 5.69 Å². The molecule has 0 spiro atoms. The molecule has 9 heteroatoms. The van der Waals surface area contributed by atoms with Crippen molar-refractivity contribution in [2.75, 3.05) is 5.32 Å². The van der Waals surface area contributed by atoms with Gasteiger partial charge in [0.15, 0.2) is 0 Å². The molecule has 27 heavy (non-hydrogen) atoms. The van der Waals surface area contributed by atoms with E-state index in [0.29, 0.717) is 35.2 Å². The Balaban J connectivity index is 2.24. The Bertz CT molecular complexity index is 922. The number of nitrogens with one attached hydrogen (secondary N) is 2. The van der Waals surface area contributed by atoms with E-state index in [-0.39, 0.29) is 4.21 Å². The maximum atomic E-state index is 13.7. The van der Waals surface area contributed by atoms with Crippen LogP contribution in [0.15, 0.2) is 27.8 Å². The summed E-state index contributed by atoms with van der Waals surface area (Å²) in [7, 11) is -4.10. The van der Waals surface area contributed by atoms with Crippen molar-refractivity contribution in [2.24, 2.45) is 0 Å². The third kappa shape index (κ3) is 5.06. The molecular weight excluding hydrogens is 391 g/mol. The second-order valence-corrected chi connectivity index (χ2v) is 9.40. The molecule has 0 aliphatic rings. The fourth-order valence-corrected chi connectivity index (χ4v) is 4.78. The van der Waals surface area contributed by atoms with Crippen LogP contribution in [0, 0.1) is 5.82 Å². The summed E-state index contributed by atoms with van der Waals surface area (Å²) in [4.78, 5) is 12.3. The van der Waals surface area contributed by atoms with Gasteiger partial charge in [-0.15, -0.1) is 11.3 Å². The molecule has 1 heterocycles. The Morgan fingerprint density at radius 3 is 2.19 bits per heavy atom. The number of aryl methyl sites for hydroxylation is 2. The van der Waals surface area contributed by atoms with Crippen LogP contribution in [0.3, 0.4) is 0 Å². The Hall–Kier alpha value is -1.97. The first kappa shape index (κ1) is 21.3. The molecule has 1 aromatic carbocycles. The average Bonchev–Trinajstić information content (AvgIpc) is 3.06. The van der Waals surface area contributed by atoms with Gasteiger partial charge in [0.05, 0.1) is 5.60 Å². The molecule has 2 rings (SSSR count). The first-order valence-corrected chi connectivity index (χ1v) is 10.8. The summed E-state index contributed by atoms with van der Waals surface area (Å²) in [5.74, 6) is -0.403. The summed E-state index contributed by atoms with van der Waals surface area (Å²) in [5, 5.41) is 14.0. The molecule has 0 radical (unpaired) electrons. The van der Waals surface area contributed by atoms with Gasteiger partial charge in [-0.1, -0.05) is 13.8 Å². The third-order valence-corrected chi connectivity index (χ3v) is 6.81. The van der Waals surface area contributed by atoms with Gasteiger partial charge in [0.2, 0.25) is 0 Å². The average molecular weight is 415 g/mol. The predicted octanol–water partition coefficient (Wildman–Crippen LogP) is 3.75. The van der Waals surface area contributed by atoms with Crippen LogP contribution in [-0.4, -0.2) is 19.6 Å². The number of aliphatic hydroxyl groups is 1. The highest BCUT2D eigenvalue weighted by Crippen LogP contribution is 2.28. The van der Waals surface area contributed by atoms with E-state index in [1.807, 2.05) is 18.6 Å². The van der Waals surface area contributed by atoms with Crippen LogP contribution in [0.1, 0.15) is 44.4 Å². The number of hydrogen-bond acceptors (Lipinski definition) is 5. The lowest BCUT2D eigenvalue weighted by atomic mass is 10.0. The van der Waals surface area contributed by atoms with Crippen LogP contribution in [0.25, 0.3) is 0 Å². The molecule has 1 aromatic heterocycles. The van der Waals surface area contributed by atoms with Gasteiger partial charge >= 0.3 is 6.03 Å². The zero-order chi connectivity index (χ0) is 20.4. The molecule has 2 amide bonds. The van der Waals surface area contributed by atoms with Crippen LogP contribution in [0.5, 0.6) is 0 Å². The number of sulfonamides is 1. The first-order chi connectivity index (χ1) is 12.5. The molecule has 6 nitrogen and oxygen atoms in total. The largest absolute Gasteiger partial charge is 0.386 e. The summed E-state index contributed by atoms with van der Waals surface area (Å²) in [6.07, 6.45) is 0.958. The number of hydrogen-bond donors (Lipinski definition) is 3. The van der Waals surface area contributed by atoms with Gasteiger partial charge in [-0.25, -0.2) is 22.3 Å². The van der Waals surface area contributed by atoms with E-state index in [0.717, 1.165) is 11.3 Å². The summed E-state index contributed by atoms with van der Waals surface area (Å²) in [6, 6.07) is 3.04. The number of rotatable bonds is 6. The van der Waals surface area contributed by atoms with Crippen molar-refractivity contribution >= 4 is 33.1 Å². The Morgan fingerprint density at radius 1 is 1.19 bits per heavy atom. The molecule has 0 aliphatic heterocycles. The minimum absolute atomic E-state index is 0.0830. The van der Waals surface area contributed by atoms with Gasteiger partial charge < -0.3 is 10.4 Å². The number of thiophene rings is 1. The number of anilines is 1. The van der Waals surface area contributed by atoms with Crippen LogP contribution in [-0.2, 0) is 28.5 Å². The second kappa shape index (κ2) is 7.95. The lowest BCUT2D eigenvalue weighted by Crippen LogP contribution is -2.34. The molecule has 0 aliphatic carbocycles. The summed E-state index contributed by atoms with van der Waals surface area (Å²) in [6.45, 7) is 6.72. The van der Waals surface area contributed by atoms with Crippen molar-refractivity contribution in [3.05, 3.63) is 46.1 Å². The van der Waals surface area contributed by atoms with E-state index < -0.39 is 27.5 Å². The van der Waals surface area contributed by atoms with Gasteiger partial charge in [-0.2, -0.15) is 0 Å². The van der Waals surface area contributed by atoms with Gasteiger partial charge in [-0.3, -0.25) is 0 Å². The smallest absolute Gasteiger partial charge is 0.333 e. The fraction of sp³-hybridized carbons (Fsp3) is 0.389. The Kier molecular flexibility index (Phi) is 6.28. The summed E-state index contributed by atoms with van der Waals surface area (Å²) >= 11 is 0.909. The fourth-order valence-electron chi connectivity index (χ4n) is 2.53. The zero-order valence-electron chi connectivity index (χ0n) is 15.6. The molecule has 0 unspecified atom stereocenters. The Labute approximate surface area is 162 Å². The number of carbonyl (C=O) groups is 1. The van der Waals surface area contributed by atoms with Gasteiger partial charge in [-0.05, 0) is 67.0 Å².